The van der Waals surface area contributed by atoms with Gasteiger partial charge in [-0.25, -0.2) is 0 Å². The first kappa shape index (κ1) is 14.6. The van der Waals surface area contributed by atoms with Gasteiger partial charge in [-0.3, -0.25) is 14.7 Å². The Morgan fingerprint density at radius 3 is 2.86 bits per heavy atom. The molecule has 1 heterocycles. The van der Waals surface area contributed by atoms with Crippen LogP contribution in [-0.4, -0.2) is 29.1 Å². The monoisotopic (exact) mass is 362 g/mol. The molecule has 0 fully saturated rings. The van der Waals surface area contributed by atoms with Gasteiger partial charge in [0.1, 0.15) is 0 Å². The lowest BCUT2D eigenvalue weighted by Gasteiger charge is -2.32. The van der Waals surface area contributed by atoms with Crippen LogP contribution >= 0.6 is 27.7 Å². The van der Waals surface area contributed by atoms with E-state index in [0.717, 1.165) is 15.4 Å². The molecule has 0 unspecified atom stereocenters. The highest BCUT2D eigenvalue weighted by molar-refractivity contribution is 9.10. The van der Waals surface area contributed by atoms with Crippen LogP contribution in [0.5, 0.6) is 0 Å². The summed E-state index contributed by atoms with van der Waals surface area (Å²) in [5.41, 5.74) is 1.20. The molecule has 0 aromatic heterocycles. The van der Waals surface area contributed by atoms with Crippen molar-refractivity contribution in [2.45, 2.75) is 11.8 Å². The minimum absolute atomic E-state index is 0.0552. The van der Waals surface area contributed by atoms with Crippen LogP contribution in [0.2, 0.25) is 0 Å². The zero-order chi connectivity index (χ0) is 14.8. The number of rotatable bonds is 2. The average Bonchev–Trinajstić information content (AvgIpc) is 2.51. The molecule has 5 heteroatoms. The van der Waals surface area contributed by atoms with Gasteiger partial charge in [-0.05, 0) is 11.6 Å². The Bertz CT molecular complexity index is 653. The summed E-state index contributed by atoms with van der Waals surface area (Å²) < 4.78 is 1.08. The molecule has 0 N–H and O–H groups in total. The molecule has 0 saturated heterocycles. The molecule has 108 valence electrons. The molecule has 3 rings (SSSR count). The van der Waals surface area contributed by atoms with Crippen LogP contribution in [0.4, 0.5) is 0 Å². The second-order valence-electron chi connectivity index (χ2n) is 4.98. The first-order valence-corrected chi connectivity index (χ1v) is 8.51. The van der Waals surface area contributed by atoms with Crippen molar-refractivity contribution in [3.8, 4) is 0 Å². The fourth-order valence-corrected chi connectivity index (χ4v) is 4.00. The van der Waals surface area contributed by atoms with E-state index in [0.29, 0.717) is 0 Å². The van der Waals surface area contributed by atoms with Crippen molar-refractivity contribution in [2.75, 3.05) is 7.05 Å². The predicted molar refractivity (Wildman–Crippen MR) is 91.2 cm³/mol. The van der Waals surface area contributed by atoms with Crippen LogP contribution in [-0.2, 0) is 10.5 Å². The molecule has 1 amide bonds. The molecule has 0 saturated carbocycles. The number of hydrogen-bond donors (Lipinski definition) is 0. The third kappa shape index (κ3) is 2.99. The maximum absolute atomic E-state index is 12.4. The van der Waals surface area contributed by atoms with Crippen molar-refractivity contribution < 1.29 is 4.79 Å². The Kier molecular flexibility index (Phi) is 4.31. The van der Waals surface area contributed by atoms with E-state index in [4.69, 9.17) is 4.99 Å². The lowest BCUT2D eigenvalue weighted by atomic mass is 9.93. The standard InChI is InChI=1S/C16H15BrN2OS/c1-19-15(20)12-7-3-5-9-14(12)18-16(19)21-10-11-6-2-4-8-13(11)17/h2-9,12,14H,10H2,1H3/t12-,14-/m0/s1. The van der Waals surface area contributed by atoms with E-state index in [1.807, 2.05) is 42.5 Å². The number of fused-ring (bicyclic) bond motifs is 1. The van der Waals surface area contributed by atoms with Gasteiger partial charge in [-0.15, -0.1) is 0 Å². The number of hydrogen-bond acceptors (Lipinski definition) is 3. The zero-order valence-electron chi connectivity index (χ0n) is 11.6. The van der Waals surface area contributed by atoms with Gasteiger partial charge in [-0.2, -0.15) is 0 Å². The summed E-state index contributed by atoms with van der Waals surface area (Å²) in [4.78, 5) is 18.8. The number of carbonyl (C=O) groups is 1. The SMILES string of the molecule is CN1C(=O)[C@H]2C=CC=C[C@@H]2N=C1SCc1ccccc1Br. The largest absolute Gasteiger partial charge is 0.294 e. The van der Waals surface area contributed by atoms with Crippen molar-refractivity contribution in [1.29, 1.82) is 0 Å². The Labute approximate surface area is 136 Å². The minimum atomic E-state index is -0.146. The summed E-state index contributed by atoms with van der Waals surface area (Å²) in [5.74, 6) is 0.757. The summed E-state index contributed by atoms with van der Waals surface area (Å²) in [6.07, 6.45) is 7.80. The number of aliphatic imine (C=N–C) groups is 1. The van der Waals surface area contributed by atoms with Crippen molar-refractivity contribution in [3.63, 3.8) is 0 Å². The number of amidine groups is 1. The van der Waals surface area contributed by atoms with Crippen LogP contribution in [0.15, 0.2) is 58.0 Å². The lowest BCUT2D eigenvalue weighted by molar-refractivity contribution is -0.129. The number of benzene rings is 1. The molecule has 0 radical (unpaired) electrons. The third-order valence-electron chi connectivity index (χ3n) is 3.58. The van der Waals surface area contributed by atoms with Crippen LogP contribution in [0.3, 0.4) is 0 Å². The van der Waals surface area contributed by atoms with Crippen LogP contribution in [0.1, 0.15) is 5.56 Å². The van der Waals surface area contributed by atoms with E-state index in [1.54, 1.807) is 23.7 Å². The van der Waals surface area contributed by atoms with Gasteiger partial charge >= 0.3 is 0 Å². The first-order valence-electron chi connectivity index (χ1n) is 6.73. The number of halogens is 1. The van der Waals surface area contributed by atoms with Gasteiger partial charge in [0, 0.05) is 17.3 Å². The maximum Gasteiger partial charge on any atom is 0.237 e. The Hall–Kier alpha value is -1.33. The normalized spacial score (nSPS) is 24.0. The molecule has 3 nitrogen and oxygen atoms in total. The van der Waals surface area contributed by atoms with Crippen molar-refractivity contribution in [2.24, 2.45) is 10.9 Å². The number of nitrogens with zero attached hydrogens (tertiary/aromatic N) is 2. The maximum atomic E-state index is 12.4. The summed E-state index contributed by atoms with van der Waals surface area (Å²) in [6.45, 7) is 0. The van der Waals surface area contributed by atoms with E-state index < -0.39 is 0 Å². The second-order valence-corrected chi connectivity index (χ2v) is 6.77. The zero-order valence-corrected chi connectivity index (χ0v) is 14.0. The lowest BCUT2D eigenvalue weighted by Crippen LogP contribution is -2.45. The third-order valence-corrected chi connectivity index (χ3v) is 5.45. The molecule has 1 aliphatic carbocycles. The summed E-state index contributed by atoms with van der Waals surface area (Å²) in [7, 11) is 1.80. The van der Waals surface area contributed by atoms with Crippen molar-refractivity contribution >= 4 is 38.8 Å². The summed E-state index contributed by atoms with van der Waals surface area (Å²) >= 11 is 5.15. The first-order chi connectivity index (χ1) is 10.2. The van der Waals surface area contributed by atoms with E-state index in [2.05, 4.69) is 22.0 Å². The van der Waals surface area contributed by atoms with E-state index in [-0.39, 0.29) is 17.9 Å². The molecule has 21 heavy (non-hydrogen) atoms. The number of allylic oxidation sites excluding steroid dienone is 2. The van der Waals surface area contributed by atoms with Gasteiger partial charge < -0.3 is 0 Å². The van der Waals surface area contributed by atoms with Crippen molar-refractivity contribution in [3.05, 3.63) is 58.6 Å². The van der Waals surface area contributed by atoms with Gasteiger partial charge in [0.15, 0.2) is 5.17 Å². The van der Waals surface area contributed by atoms with E-state index in [1.165, 1.54) is 5.56 Å². The molecule has 1 aromatic rings. The van der Waals surface area contributed by atoms with E-state index >= 15 is 0 Å². The highest BCUT2D eigenvalue weighted by atomic mass is 79.9. The van der Waals surface area contributed by atoms with Gasteiger partial charge in [0.05, 0.1) is 12.0 Å². The van der Waals surface area contributed by atoms with Crippen LogP contribution in [0, 0.1) is 5.92 Å². The summed E-state index contributed by atoms with van der Waals surface area (Å²) in [5, 5.41) is 0.789. The topological polar surface area (TPSA) is 32.7 Å². The Balaban J connectivity index is 1.77. The van der Waals surface area contributed by atoms with Gasteiger partial charge in [0.2, 0.25) is 5.91 Å². The molecule has 1 aromatic carbocycles. The summed E-state index contributed by atoms with van der Waals surface area (Å²) in [6, 6.07) is 8.06. The van der Waals surface area contributed by atoms with Crippen molar-refractivity contribution in [1.82, 2.24) is 4.90 Å². The predicted octanol–water partition coefficient (Wildman–Crippen LogP) is 3.62. The Morgan fingerprint density at radius 2 is 2.05 bits per heavy atom. The molecular weight excluding hydrogens is 348 g/mol. The molecule has 1 aliphatic heterocycles. The number of thioether (sulfide) groups is 1. The fourth-order valence-electron chi connectivity index (χ4n) is 2.37. The minimum Gasteiger partial charge on any atom is -0.294 e. The van der Waals surface area contributed by atoms with Gasteiger partial charge in [-0.1, -0.05) is 70.2 Å². The molecule has 2 aliphatic rings. The van der Waals surface area contributed by atoms with Crippen LogP contribution in [0.25, 0.3) is 0 Å². The molecular formula is C16H15BrN2OS. The molecule has 2 atom stereocenters. The Morgan fingerprint density at radius 1 is 1.29 bits per heavy atom. The smallest absolute Gasteiger partial charge is 0.237 e. The quantitative estimate of drug-likeness (QED) is 0.804. The highest BCUT2D eigenvalue weighted by Crippen LogP contribution is 2.29. The fraction of sp³-hybridized carbons (Fsp3) is 0.250. The molecule has 0 bridgehead atoms. The van der Waals surface area contributed by atoms with E-state index in [9.17, 15) is 4.79 Å². The number of carbonyl (C=O) groups excluding carboxylic acids is 1. The molecule has 0 spiro atoms. The highest BCUT2D eigenvalue weighted by Gasteiger charge is 2.34. The second kappa shape index (κ2) is 6.20. The van der Waals surface area contributed by atoms with Gasteiger partial charge in [0.25, 0.3) is 0 Å². The average molecular weight is 363 g/mol. The van der Waals surface area contributed by atoms with Crippen LogP contribution < -0.4 is 0 Å². The number of amides is 1.